The first-order chi connectivity index (χ1) is 10.1. The largest absolute Gasteiger partial charge is 0.459 e. The minimum absolute atomic E-state index is 0.0317. The number of hydrogen-bond donors (Lipinski definition) is 1. The number of nitrogens with two attached hydrogens (primary N) is 1. The van der Waals surface area contributed by atoms with E-state index in [2.05, 4.69) is 32.6 Å². The quantitative estimate of drug-likeness (QED) is 0.872. The number of benzene rings is 1. The molecule has 22 heavy (non-hydrogen) atoms. The molecule has 0 saturated carbocycles. The van der Waals surface area contributed by atoms with E-state index in [1.165, 1.54) is 0 Å². The lowest BCUT2D eigenvalue weighted by Crippen LogP contribution is -2.66. The molecule has 0 aliphatic carbocycles. The van der Waals surface area contributed by atoms with E-state index in [0.29, 0.717) is 5.56 Å². The van der Waals surface area contributed by atoms with E-state index in [4.69, 9.17) is 10.5 Å². The fourth-order valence-electron chi connectivity index (χ4n) is 4.18. The molecule has 1 saturated heterocycles. The first-order valence-corrected chi connectivity index (χ1v) is 7.94. The fraction of sp³-hybridized carbons (Fsp3) is 0.611. The van der Waals surface area contributed by atoms with E-state index in [1.54, 1.807) is 12.1 Å². The summed E-state index contributed by atoms with van der Waals surface area (Å²) in [6, 6.07) is 9.17. The van der Waals surface area contributed by atoms with Gasteiger partial charge in [0.15, 0.2) is 0 Å². The predicted octanol–water partition coefficient (Wildman–Crippen LogP) is 3.17. The highest BCUT2D eigenvalue weighted by molar-refractivity contribution is 5.89. The van der Waals surface area contributed by atoms with Crippen LogP contribution in [0.4, 0.5) is 0 Å². The Morgan fingerprint density at radius 3 is 2.14 bits per heavy atom. The third-order valence-electron chi connectivity index (χ3n) is 4.45. The van der Waals surface area contributed by atoms with Crippen molar-refractivity contribution in [2.24, 2.45) is 5.73 Å². The van der Waals surface area contributed by atoms with Crippen LogP contribution in [0.3, 0.4) is 0 Å². The molecule has 4 heteroatoms. The molecule has 122 valence electrons. The Bertz CT molecular complexity index is 505. The Kier molecular flexibility index (Phi) is 4.64. The topological polar surface area (TPSA) is 55.6 Å². The van der Waals surface area contributed by atoms with E-state index in [1.807, 2.05) is 25.1 Å². The lowest BCUT2D eigenvalue weighted by Gasteiger charge is -2.56. The predicted molar refractivity (Wildman–Crippen MR) is 88.5 cm³/mol. The van der Waals surface area contributed by atoms with Crippen molar-refractivity contribution in [2.75, 3.05) is 0 Å². The summed E-state index contributed by atoms with van der Waals surface area (Å²) in [7, 11) is 0. The Hall–Kier alpha value is -1.39. The van der Waals surface area contributed by atoms with Gasteiger partial charge in [-0.3, -0.25) is 4.90 Å². The third kappa shape index (κ3) is 3.50. The third-order valence-corrected chi connectivity index (χ3v) is 4.45. The van der Waals surface area contributed by atoms with Gasteiger partial charge in [0.1, 0.15) is 6.10 Å². The molecule has 4 nitrogen and oxygen atoms in total. The highest BCUT2D eigenvalue weighted by Gasteiger charge is 2.47. The second-order valence-electron chi connectivity index (χ2n) is 7.54. The first kappa shape index (κ1) is 17.0. The zero-order valence-electron chi connectivity index (χ0n) is 14.3. The van der Waals surface area contributed by atoms with E-state index in [9.17, 15) is 4.79 Å². The van der Waals surface area contributed by atoms with Crippen molar-refractivity contribution in [1.29, 1.82) is 0 Å². The average Bonchev–Trinajstić information content (AvgIpc) is 2.35. The maximum absolute atomic E-state index is 12.3. The van der Waals surface area contributed by atoms with Crippen molar-refractivity contribution in [3.8, 4) is 0 Å². The van der Waals surface area contributed by atoms with Crippen molar-refractivity contribution in [2.45, 2.75) is 70.8 Å². The minimum atomic E-state index is -0.244. The van der Waals surface area contributed by atoms with Gasteiger partial charge in [-0.25, -0.2) is 4.79 Å². The average molecular weight is 304 g/mol. The summed E-state index contributed by atoms with van der Waals surface area (Å²) in [4.78, 5) is 14.6. The molecule has 1 atom stereocenters. The second-order valence-corrected chi connectivity index (χ2v) is 7.54. The van der Waals surface area contributed by atoms with Crippen LogP contribution < -0.4 is 5.73 Å². The maximum Gasteiger partial charge on any atom is 0.338 e. The lowest BCUT2D eigenvalue weighted by atomic mass is 9.77. The SMILES string of the molecule is CC(N)N1C(C)(C)CC(OC(=O)c2ccccc2)CC1(C)C. The molecule has 1 aromatic carbocycles. The monoisotopic (exact) mass is 304 g/mol. The Morgan fingerprint density at radius 1 is 1.18 bits per heavy atom. The van der Waals surface area contributed by atoms with Crippen LogP contribution in [-0.4, -0.2) is 34.2 Å². The maximum atomic E-state index is 12.3. The molecular formula is C18H28N2O2. The van der Waals surface area contributed by atoms with Crippen molar-refractivity contribution in [3.05, 3.63) is 35.9 Å². The first-order valence-electron chi connectivity index (χ1n) is 7.94. The van der Waals surface area contributed by atoms with Gasteiger partial charge in [0, 0.05) is 23.9 Å². The highest BCUT2D eigenvalue weighted by Crippen LogP contribution is 2.40. The lowest BCUT2D eigenvalue weighted by molar-refractivity contribution is -0.104. The van der Waals surface area contributed by atoms with Gasteiger partial charge in [0.05, 0.1) is 11.7 Å². The normalized spacial score (nSPS) is 23.0. The van der Waals surface area contributed by atoms with Crippen LogP contribution in [0, 0.1) is 0 Å². The molecule has 0 aromatic heterocycles. The molecule has 1 fully saturated rings. The Labute approximate surface area is 133 Å². The zero-order valence-corrected chi connectivity index (χ0v) is 14.3. The smallest absolute Gasteiger partial charge is 0.338 e. The van der Waals surface area contributed by atoms with Gasteiger partial charge in [-0.1, -0.05) is 18.2 Å². The minimum Gasteiger partial charge on any atom is -0.459 e. The highest BCUT2D eigenvalue weighted by atomic mass is 16.5. The summed E-state index contributed by atoms with van der Waals surface area (Å²) >= 11 is 0. The number of likely N-dealkylation sites (tertiary alicyclic amines) is 1. The Balaban J connectivity index is 2.13. The van der Waals surface area contributed by atoms with E-state index < -0.39 is 0 Å². The Morgan fingerprint density at radius 2 is 1.68 bits per heavy atom. The van der Waals surface area contributed by atoms with Gasteiger partial charge in [-0.05, 0) is 46.8 Å². The van der Waals surface area contributed by atoms with Gasteiger partial charge in [-0.2, -0.15) is 0 Å². The van der Waals surface area contributed by atoms with Crippen LogP contribution in [0.15, 0.2) is 30.3 Å². The number of nitrogens with zero attached hydrogens (tertiary/aromatic N) is 1. The van der Waals surface area contributed by atoms with Crippen LogP contribution >= 0.6 is 0 Å². The number of ether oxygens (including phenoxy) is 1. The van der Waals surface area contributed by atoms with Crippen LogP contribution in [0.25, 0.3) is 0 Å². The molecule has 0 radical (unpaired) electrons. The van der Waals surface area contributed by atoms with Crippen LogP contribution in [-0.2, 0) is 4.74 Å². The van der Waals surface area contributed by atoms with Gasteiger partial charge >= 0.3 is 5.97 Å². The molecule has 1 aliphatic rings. The number of hydrogen-bond acceptors (Lipinski definition) is 4. The van der Waals surface area contributed by atoms with Crippen LogP contribution in [0.5, 0.6) is 0 Å². The fourth-order valence-corrected chi connectivity index (χ4v) is 4.18. The van der Waals surface area contributed by atoms with Crippen molar-refractivity contribution >= 4 is 5.97 Å². The second kappa shape index (κ2) is 6.01. The van der Waals surface area contributed by atoms with Gasteiger partial charge in [0.25, 0.3) is 0 Å². The molecule has 0 amide bonds. The van der Waals surface area contributed by atoms with Crippen molar-refractivity contribution in [3.63, 3.8) is 0 Å². The molecule has 1 aromatic rings. The molecule has 2 rings (SSSR count). The summed E-state index contributed by atoms with van der Waals surface area (Å²) in [5.41, 5.74) is 6.55. The molecule has 1 heterocycles. The summed E-state index contributed by atoms with van der Waals surface area (Å²) in [6.07, 6.45) is 1.45. The van der Waals surface area contributed by atoms with Crippen LogP contribution in [0.2, 0.25) is 0 Å². The summed E-state index contributed by atoms with van der Waals surface area (Å²) < 4.78 is 5.77. The number of esters is 1. The molecule has 1 unspecified atom stereocenters. The number of piperidine rings is 1. The molecular weight excluding hydrogens is 276 g/mol. The molecule has 0 bridgehead atoms. The van der Waals surface area contributed by atoms with Gasteiger partial charge in [-0.15, -0.1) is 0 Å². The van der Waals surface area contributed by atoms with E-state index in [-0.39, 0.29) is 29.3 Å². The molecule has 2 N–H and O–H groups in total. The standard InChI is InChI=1S/C18H28N2O2/c1-13(19)20-17(2,3)11-15(12-18(20,4)5)22-16(21)14-9-7-6-8-10-14/h6-10,13,15H,11-12,19H2,1-5H3. The number of rotatable bonds is 3. The molecule has 1 aliphatic heterocycles. The molecule has 0 spiro atoms. The van der Waals surface area contributed by atoms with E-state index >= 15 is 0 Å². The summed E-state index contributed by atoms with van der Waals surface area (Å²) in [6.45, 7) is 10.7. The van der Waals surface area contributed by atoms with E-state index in [0.717, 1.165) is 12.8 Å². The zero-order chi connectivity index (χ0) is 16.5. The number of carbonyl (C=O) groups excluding carboxylic acids is 1. The van der Waals surface area contributed by atoms with Crippen molar-refractivity contribution in [1.82, 2.24) is 4.90 Å². The number of carbonyl (C=O) groups is 1. The van der Waals surface area contributed by atoms with Gasteiger partial charge in [0.2, 0.25) is 0 Å². The van der Waals surface area contributed by atoms with Crippen LogP contribution in [0.1, 0.15) is 57.8 Å². The van der Waals surface area contributed by atoms with Crippen molar-refractivity contribution < 1.29 is 9.53 Å². The summed E-state index contributed by atoms with van der Waals surface area (Å²) in [5, 5.41) is 0. The summed E-state index contributed by atoms with van der Waals surface area (Å²) in [5.74, 6) is -0.244. The van der Waals surface area contributed by atoms with Gasteiger partial charge < -0.3 is 10.5 Å².